The van der Waals surface area contributed by atoms with Crippen LogP contribution in [0.2, 0.25) is 0 Å². The van der Waals surface area contributed by atoms with Crippen LogP contribution in [0.15, 0.2) is 36.8 Å². The molecule has 0 radical (unpaired) electrons. The molecule has 3 aromatic rings. The summed E-state index contributed by atoms with van der Waals surface area (Å²) in [5, 5.41) is 8.62. The summed E-state index contributed by atoms with van der Waals surface area (Å²) in [6.45, 7) is 0. The molecular weight excluding hydrogens is 250 g/mol. The number of benzene rings is 1. The minimum absolute atomic E-state index is 0.433. The highest BCUT2D eigenvalue weighted by atomic mass is 15.0. The van der Waals surface area contributed by atoms with Gasteiger partial charge in [-0.2, -0.15) is 5.26 Å². The summed E-state index contributed by atoms with van der Waals surface area (Å²) in [5.74, 6) is 0.699. The van der Waals surface area contributed by atoms with Crippen molar-refractivity contribution in [1.82, 2.24) is 19.5 Å². The fraction of sp³-hybridized carbons (Fsp3) is 0.200. The summed E-state index contributed by atoms with van der Waals surface area (Å²) in [7, 11) is 1.97. The molecule has 0 atom stereocenters. The minimum Gasteiger partial charge on any atom is -0.334 e. The topological polar surface area (TPSA) is 67.4 Å². The van der Waals surface area contributed by atoms with E-state index in [2.05, 4.69) is 21.0 Å². The predicted molar refractivity (Wildman–Crippen MR) is 75.7 cm³/mol. The van der Waals surface area contributed by atoms with Crippen molar-refractivity contribution in [2.24, 2.45) is 7.05 Å². The molecule has 0 saturated heterocycles. The summed E-state index contributed by atoms with van der Waals surface area (Å²) < 4.78 is 1.98. The van der Waals surface area contributed by atoms with Crippen LogP contribution in [0.1, 0.15) is 12.2 Å². The summed E-state index contributed by atoms with van der Waals surface area (Å²) in [6, 6.07) is 10.1. The largest absolute Gasteiger partial charge is 0.334 e. The van der Waals surface area contributed by atoms with Crippen molar-refractivity contribution in [2.75, 3.05) is 0 Å². The smallest absolute Gasteiger partial charge is 0.129 e. The average molecular weight is 263 g/mol. The number of aryl methyl sites for hydroxylation is 2. The van der Waals surface area contributed by atoms with Crippen molar-refractivity contribution in [1.29, 1.82) is 5.26 Å². The molecule has 1 aromatic carbocycles. The molecule has 0 spiro atoms. The van der Waals surface area contributed by atoms with E-state index in [1.54, 1.807) is 12.5 Å². The Bertz CT molecular complexity index is 797. The molecule has 0 N–H and O–H groups in total. The van der Waals surface area contributed by atoms with Crippen molar-refractivity contribution in [3.8, 4) is 17.3 Å². The van der Waals surface area contributed by atoms with Crippen LogP contribution in [-0.4, -0.2) is 19.5 Å². The lowest BCUT2D eigenvalue weighted by Crippen LogP contribution is -1.96. The number of aromatic nitrogens is 4. The molecule has 2 aromatic heterocycles. The molecule has 3 rings (SSSR count). The number of fused-ring (bicyclic) bond motifs is 1. The first-order chi connectivity index (χ1) is 9.78. The van der Waals surface area contributed by atoms with Gasteiger partial charge in [-0.3, -0.25) is 0 Å². The normalized spacial score (nSPS) is 10.6. The SMILES string of the molecule is Cn1cnc2cc(-c3ccnc(CCC#N)n3)ccc21. The van der Waals surface area contributed by atoms with Gasteiger partial charge in [-0.15, -0.1) is 0 Å². The van der Waals surface area contributed by atoms with Crippen molar-refractivity contribution >= 4 is 11.0 Å². The van der Waals surface area contributed by atoms with Crippen molar-refractivity contribution in [2.45, 2.75) is 12.8 Å². The molecule has 98 valence electrons. The van der Waals surface area contributed by atoms with Crippen LogP contribution in [0.5, 0.6) is 0 Å². The number of hydrogen-bond acceptors (Lipinski definition) is 4. The fourth-order valence-electron chi connectivity index (χ4n) is 2.14. The van der Waals surface area contributed by atoms with Crippen LogP contribution < -0.4 is 0 Å². The van der Waals surface area contributed by atoms with Gasteiger partial charge < -0.3 is 4.57 Å². The molecule has 0 saturated carbocycles. The maximum Gasteiger partial charge on any atom is 0.129 e. The van der Waals surface area contributed by atoms with Crippen LogP contribution in [0, 0.1) is 11.3 Å². The monoisotopic (exact) mass is 263 g/mol. The maximum atomic E-state index is 8.62. The highest BCUT2D eigenvalue weighted by Crippen LogP contribution is 2.21. The maximum absolute atomic E-state index is 8.62. The second-order valence-electron chi connectivity index (χ2n) is 4.58. The fourth-order valence-corrected chi connectivity index (χ4v) is 2.14. The Morgan fingerprint density at radius 3 is 3.00 bits per heavy atom. The Balaban J connectivity index is 2.00. The van der Waals surface area contributed by atoms with E-state index >= 15 is 0 Å². The molecule has 0 aliphatic rings. The summed E-state index contributed by atoms with van der Waals surface area (Å²) in [6.07, 6.45) is 4.54. The van der Waals surface area contributed by atoms with Crippen LogP contribution in [0.4, 0.5) is 0 Å². The van der Waals surface area contributed by atoms with E-state index in [4.69, 9.17) is 5.26 Å². The van der Waals surface area contributed by atoms with E-state index in [1.165, 1.54) is 0 Å². The number of hydrogen-bond donors (Lipinski definition) is 0. The molecule has 0 unspecified atom stereocenters. The zero-order valence-electron chi connectivity index (χ0n) is 11.1. The first-order valence-corrected chi connectivity index (χ1v) is 6.38. The Morgan fingerprint density at radius 2 is 2.15 bits per heavy atom. The lowest BCUT2D eigenvalue weighted by Gasteiger charge is -2.03. The zero-order chi connectivity index (χ0) is 13.9. The Labute approximate surface area is 116 Å². The van der Waals surface area contributed by atoms with Gasteiger partial charge in [0.25, 0.3) is 0 Å². The molecule has 0 aliphatic carbocycles. The molecular formula is C15H13N5. The van der Waals surface area contributed by atoms with E-state index in [9.17, 15) is 0 Å². The van der Waals surface area contributed by atoms with Crippen molar-refractivity contribution < 1.29 is 0 Å². The van der Waals surface area contributed by atoms with Crippen LogP contribution in [0.25, 0.3) is 22.3 Å². The van der Waals surface area contributed by atoms with Crippen LogP contribution in [0.3, 0.4) is 0 Å². The highest BCUT2D eigenvalue weighted by Gasteiger charge is 2.05. The predicted octanol–water partition coefficient (Wildman–Crippen LogP) is 2.49. The lowest BCUT2D eigenvalue weighted by molar-refractivity contribution is 0.887. The molecule has 5 heteroatoms. The van der Waals surface area contributed by atoms with Gasteiger partial charge in [0.2, 0.25) is 0 Å². The minimum atomic E-state index is 0.433. The molecule has 0 bridgehead atoms. The second-order valence-corrected chi connectivity index (χ2v) is 4.58. The van der Waals surface area contributed by atoms with Gasteiger partial charge >= 0.3 is 0 Å². The summed E-state index contributed by atoms with van der Waals surface area (Å²) >= 11 is 0. The highest BCUT2D eigenvalue weighted by molar-refractivity contribution is 5.81. The third kappa shape index (κ3) is 2.24. The Morgan fingerprint density at radius 1 is 1.25 bits per heavy atom. The van der Waals surface area contributed by atoms with Gasteiger partial charge in [0.05, 0.1) is 29.1 Å². The van der Waals surface area contributed by atoms with Crippen molar-refractivity contribution in [3.63, 3.8) is 0 Å². The quantitative estimate of drug-likeness (QED) is 0.728. The van der Waals surface area contributed by atoms with Gasteiger partial charge in [0, 0.05) is 31.6 Å². The van der Waals surface area contributed by atoms with E-state index in [1.807, 2.05) is 35.9 Å². The van der Waals surface area contributed by atoms with Gasteiger partial charge in [-0.25, -0.2) is 15.0 Å². The molecule has 0 fully saturated rings. The third-order valence-corrected chi connectivity index (χ3v) is 3.19. The van der Waals surface area contributed by atoms with Gasteiger partial charge in [0.1, 0.15) is 5.82 Å². The standard InChI is InChI=1S/C15H13N5/c1-20-10-18-13-9-11(4-5-14(13)20)12-6-8-17-15(19-12)3-2-7-16/h4-6,8-10H,2-3H2,1H3. The summed E-state index contributed by atoms with van der Waals surface area (Å²) in [5.41, 5.74) is 3.91. The first kappa shape index (κ1) is 12.3. The third-order valence-electron chi connectivity index (χ3n) is 3.19. The van der Waals surface area contributed by atoms with E-state index < -0.39 is 0 Å². The summed E-state index contributed by atoms with van der Waals surface area (Å²) in [4.78, 5) is 13.0. The Kier molecular flexibility index (Phi) is 3.13. The number of nitriles is 1. The van der Waals surface area contributed by atoms with Gasteiger partial charge in [-0.1, -0.05) is 6.07 Å². The van der Waals surface area contributed by atoms with Gasteiger partial charge in [-0.05, 0) is 18.2 Å². The first-order valence-electron chi connectivity index (χ1n) is 6.38. The van der Waals surface area contributed by atoms with Crippen molar-refractivity contribution in [3.05, 3.63) is 42.6 Å². The van der Waals surface area contributed by atoms with E-state index in [0.717, 1.165) is 22.3 Å². The average Bonchev–Trinajstić information content (AvgIpc) is 2.86. The molecule has 2 heterocycles. The molecule has 0 amide bonds. The van der Waals surface area contributed by atoms with E-state index in [0.29, 0.717) is 18.7 Å². The van der Waals surface area contributed by atoms with Crippen LogP contribution >= 0.6 is 0 Å². The number of rotatable bonds is 3. The van der Waals surface area contributed by atoms with Gasteiger partial charge in [0.15, 0.2) is 0 Å². The van der Waals surface area contributed by atoms with E-state index in [-0.39, 0.29) is 0 Å². The molecule has 20 heavy (non-hydrogen) atoms. The Hall–Kier alpha value is -2.74. The van der Waals surface area contributed by atoms with Crippen LogP contribution in [-0.2, 0) is 13.5 Å². The molecule has 5 nitrogen and oxygen atoms in total. The zero-order valence-corrected chi connectivity index (χ0v) is 11.1. The lowest BCUT2D eigenvalue weighted by atomic mass is 10.1. The molecule has 0 aliphatic heterocycles. The number of nitrogens with zero attached hydrogens (tertiary/aromatic N) is 5. The second kappa shape index (κ2) is 5.10. The number of imidazole rings is 1.